The Labute approximate surface area is 180 Å². The number of rotatable bonds is 6. The molecule has 2 aromatic carbocycles. The number of hydrogen-bond acceptors (Lipinski definition) is 3. The van der Waals surface area contributed by atoms with E-state index in [0.717, 1.165) is 18.7 Å². The molecular formula is C21H21BrF4N2O2. The SMILES string of the molecule is O=C(NCc1ccc(Br)cc1OC(F)(F)F)C1CCN(Cc2ccc(F)cc2)CC1. The van der Waals surface area contributed by atoms with E-state index in [1.807, 2.05) is 0 Å². The van der Waals surface area contributed by atoms with Crippen LogP contribution >= 0.6 is 15.9 Å². The highest BCUT2D eigenvalue weighted by molar-refractivity contribution is 9.10. The molecule has 0 atom stereocenters. The Hall–Kier alpha value is -2.13. The van der Waals surface area contributed by atoms with E-state index in [1.165, 1.54) is 24.3 Å². The number of alkyl halides is 3. The first-order chi connectivity index (χ1) is 14.2. The molecule has 0 radical (unpaired) electrons. The van der Waals surface area contributed by atoms with Crippen molar-refractivity contribution in [1.29, 1.82) is 0 Å². The number of hydrogen-bond donors (Lipinski definition) is 1. The van der Waals surface area contributed by atoms with E-state index in [2.05, 4.69) is 30.9 Å². The number of amides is 1. The summed E-state index contributed by atoms with van der Waals surface area (Å²) in [6.07, 6.45) is -3.50. The molecular weight excluding hydrogens is 468 g/mol. The molecule has 1 amide bonds. The van der Waals surface area contributed by atoms with E-state index >= 15 is 0 Å². The third-order valence-electron chi connectivity index (χ3n) is 4.99. The number of likely N-dealkylation sites (tertiary alicyclic amines) is 1. The lowest BCUT2D eigenvalue weighted by Gasteiger charge is -2.31. The maximum Gasteiger partial charge on any atom is 0.573 e. The summed E-state index contributed by atoms with van der Waals surface area (Å²) in [4.78, 5) is 14.7. The zero-order valence-corrected chi connectivity index (χ0v) is 17.6. The van der Waals surface area contributed by atoms with Crippen LogP contribution in [0.2, 0.25) is 0 Å². The summed E-state index contributed by atoms with van der Waals surface area (Å²) in [6, 6.07) is 10.6. The zero-order valence-electron chi connectivity index (χ0n) is 16.0. The van der Waals surface area contributed by atoms with Crippen molar-refractivity contribution in [1.82, 2.24) is 10.2 Å². The van der Waals surface area contributed by atoms with Crippen LogP contribution < -0.4 is 10.1 Å². The standard InChI is InChI=1S/C21H21BrF4N2O2/c22-17-4-3-16(19(11-17)30-21(24,25)26)12-27-20(29)15-7-9-28(10-8-15)13-14-1-5-18(23)6-2-14/h1-6,11,15H,7-10,12-13H2,(H,27,29). The van der Waals surface area contributed by atoms with E-state index in [9.17, 15) is 22.4 Å². The van der Waals surface area contributed by atoms with Crippen molar-refractivity contribution in [3.8, 4) is 5.75 Å². The van der Waals surface area contributed by atoms with Crippen molar-refractivity contribution in [2.75, 3.05) is 13.1 Å². The molecule has 1 fully saturated rings. The quantitative estimate of drug-likeness (QED) is 0.580. The first-order valence-corrected chi connectivity index (χ1v) is 10.3. The molecule has 3 rings (SSSR count). The molecule has 2 aromatic rings. The number of nitrogens with zero attached hydrogens (tertiary/aromatic N) is 1. The van der Waals surface area contributed by atoms with E-state index in [0.29, 0.717) is 23.9 Å². The molecule has 0 unspecified atom stereocenters. The van der Waals surface area contributed by atoms with Crippen LogP contribution in [0.25, 0.3) is 0 Å². The lowest BCUT2D eigenvalue weighted by molar-refractivity contribution is -0.274. The maximum atomic E-state index is 13.0. The van der Waals surface area contributed by atoms with Gasteiger partial charge in [0, 0.05) is 29.0 Å². The fourth-order valence-corrected chi connectivity index (χ4v) is 3.76. The Bertz CT molecular complexity index is 866. The monoisotopic (exact) mass is 488 g/mol. The smallest absolute Gasteiger partial charge is 0.405 e. The van der Waals surface area contributed by atoms with Gasteiger partial charge in [0.15, 0.2) is 0 Å². The number of benzene rings is 2. The first-order valence-electron chi connectivity index (χ1n) is 9.48. The van der Waals surface area contributed by atoms with E-state index in [-0.39, 0.29) is 35.5 Å². The molecule has 1 aliphatic heterocycles. The predicted molar refractivity (Wildman–Crippen MR) is 107 cm³/mol. The van der Waals surface area contributed by atoms with E-state index in [4.69, 9.17) is 0 Å². The summed E-state index contributed by atoms with van der Waals surface area (Å²) < 4.78 is 55.3. The van der Waals surface area contributed by atoms with Gasteiger partial charge >= 0.3 is 6.36 Å². The average molecular weight is 489 g/mol. The molecule has 30 heavy (non-hydrogen) atoms. The fourth-order valence-electron chi connectivity index (χ4n) is 3.42. The lowest BCUT2D eigenvalue weighted by Crippen LogP contribution is -2.40. The van der Waals surface area contributed by atoms with Crippen molar-refractivity contribution < 1.29 is 27.1 Å². The number of nitrogens with one attached hydrogen (secondary N) is 1. The van der Waals surface area contributed by atoms with Crippen molar-refractivity contribution in [3.05, 3.63) is 63.9 Å². The molecule has 9 heteroatoms. The van der Waals surface area contributed by atoms with Crippen LogP contribution in [0.15, 0.2) is 46.9 Å². The van der Waals surface area contributed by atoms with Crippen LogP contribution in [0.5, 0.6) is 5.75 Å². The van der Waals surface area contributed by atoms with Gasteiger partial charge in [-0.05, 0) is 55.8 Å². The first kappa shape index (κ1) is 22.6. The third kappa shape index (κ3) is 6.70. The molecule has 1 heterocycles. The summed E-state index contributed by atoms with van der Waals surface area (Å²) in [5, 5.41) is 2.72. The van der Waals surface area contributed by atoms with Gasteiger partial charge in [0.25, 0.3) is 0 Å². The molecule has 1 aliphatic rings. The van der Waals surface area contributed by atoms with Crippen molar-refractivity contribution in [2.45, 2.75) is 32.3 Å². The summed E-state index contributed by atoms with van der Waals surface area (Å²) in [6.45, 7) is 2.07. The minimum atomic E-state index is -4.81. The normalized spacial score (nSPS) is 15.8. The molecule has 1 saturated heterocycles. The van der Waals surface area contributed by atoms with Crippen LogP contribution in [0.1, 0.15) is 24.0 Å². The molecule has 4 nitrogen and oxygen atoms in total. The summed E-state index contributed by atoms with van der Waals surface area (Å²) in [5.74, 6) is -0.996. The van der Waals surface area contributed by atoms with E-state index in [1.54, 1.807) is 18.2 Å². The van der Waals surface area contributed by atoms with Gasteiger partial charge in [-0.2, -0.15) is 0 Å². The maximum absolute atomic E-state index is 13.0. The van der Waals surface area contributed by atoms with Crippen LogP contribution in [-0.2, 0) is 17.9 Å². The molecule has 162 valence electrons. The highest BCUT2D eigenvalue weighted by atomic mass is 79.9. The number of piperidine rings is 1. The predicted octanol–water partition coefficient (Wildman–Crippen LogP) is 5.02. The van der Waals surface area contributed by atoms with Gasteiger partial charge in [-0.3, -0.25) is 9.69 Å². The minimum absolute atomic E-state index is 0.0483. The largest absolute Gasteiger partial charge is 0.573 e. The van der Waals surface area contributed by atoms with Gasteiger partial charge in [0.1, 0.15) is 11.6 Å². The Kier molecular flexibility index (Phi) is 7.36. The lowest BCUT2D eigenvalue weighted by atomic mass is 9.95. The second-order valence-corrected chi connectivity index (χ2v) is 8.11. The Balaban J connectivity index is 1.50. The van der Waals surface area contributed by atoms with Crippen molar-refractivity contribution >= 4 is 21.8 Å². The zero-order chi connectivity index (χ0) is 21.7. The number of halogens is 5. The summed E-state index contributed by atoms with van der Waals surface area (Å²) >= 11 is 3.12. The Morgan fingerprint density at radius 3 is 2.43 bits per heavy atom. The second kappa shape index (κ2) is 9.78. The average Bonchev–Trinajstić information content (AvgIpc) is 2.68. The number of ether oxygens (including phenoxy) is 1. The van der Waals surface area contributed by atoms with Crippen molar-refractivity contribution in [2.24, 2.45) is 5.92 Å². The van der Waals surface area contributed by atoms with Gasteiger partial charge in [-0.25, -0.2) is 4.39 Å². The highest BCUT2D eigenvalue weighted by Gasteiger charge is 2.32. The van der Waals surface area contributed by atoms with Gasteiger partial charge in [-0.15, -0.1) is 13.2 Å². The third-order valence-corrected chi connectivity index (χ3v) is 5.48. The topological polar surface area (TPSA) is 41.6 Å². The Morgan fingerprint density at radius 2 is 1.80 bits per heavy atom. The highest BCUT2D eigenvalue weighted by Crippen LogP contribution is 2.29. The van der Waals surface area contributed by atoms with Gasteiger partial charge in [0.05, 0.1) is 0 Å². The van der Waals surface area contributed by atoms with Crippen LogP contribution in [0.4, 0.5) is 17.6 Å². The van der Waals surface area contributed by atoms with Crippen LogP contribution in [0, 0.1) is 11.7 Å². The number of carbonyl (C=O) groups excluding carboxylic acids is 1. The van der Waals surface area contributed by atoms with Crippen LogP contribution in [-0.4, -0.2) is 30.3 Å². The van der Waals surface area contributed by atoms with Crippen molar-refractivity contribution in [3.63, 3.8) is 0 Å². The molecule has 0 aromatic heterocycles. The Morgan fingerprint density at radius 1 is 1.13 bits per heavy atom. The fraction of sp³-hybridized carbons (Fsp3) is 0.381. The van der Waals surface area contributed by atoms with Gasteiger partial charge in [0.2, 0.25) is 5.91 Å². The second-order valence-electron chi connectivity index (χ2n) is 7.19. The molecule has 1 N–H and O–H groups in total. The molecule has 0 bridgehead atoms. The summed E-state index contributed by atoms with van der Waals surface area (Å²) in [7, 11) is 0. The number of carbonyl (C=O) groups is 1. The minimum Gasteiger partial charge on any atom is -0.405 e. The molecule has 0 spiro atoms. The summed E-state index contributed by atoms with van der Waals surface area (Å²) in [5.41, 5.74) is 1.25. The van der Waals surface area contributed by atoms with Crippen LogP contribution in [0.3, 0.4) is 0 Å². The van der Waals surface area contributed by atoms with Gasteiger partial charge < -0.3 is 10.1 Å². The van der Waals surface area contributed by atoms with Gasteiger partial charge in [-0.1, -0.05) is 34.1 Å². The van der Waals surface area contributed by atoms with E-state index < -0.39 is 6.36 Å². The molecule has 0 saturated carbocycles. The molecule has 0 aliphatic carbocycles.